The number of rotatable bonds is 5. The second-order valence-electron chi connectivity index (χ2n) is 4.09. The van der Waals surface area contributed by atoms with Gasteiger partial charge in [-0.3, -0.25) is 0 Å². The molecule has 3 heteroatoms. The van der Waals surface area contributed by atoms with Crippen LogP contribution in [0, 0.1) is 6.92 Å². The van der Waals surface area contributed by atoms with E-state index in [1.165, 1.54) is 0 Å². The Kier molecular flexibility index (Phi) is 4.69. The van der Waals surface area contributed by atoms with Crippen molar-refractivity contribution in [2.45, 2.75) is 46.1 Å². The lowest BCUT2D eigenvalue weighted by molar-refractivity contribution is 0.466. The SMILES string of the molecule is CCCNC(C)C(C)c1nccc(C)n1. The molecule has 15 heavy (non-hydrogen) atoms. The Hall–Kier alpha value is -0.960. The number of hydrogen-bond acceptors (Lipinski definition) is 3. The fraction of sp³-hybridized carbons (Fsp3) is 0.667. The van der Waals surface area contributed by atoms with E-state index in [0.29, 0.717) is 12.0 Å². The van der Waals surface area contributed by atoms with Crippen molar-refractivity contribution in [1.82, 2.24) is 15.3 Å². The molecule has 1 aromatic rings. The van der Waals surface area contributed by atoms with Gasteiger partial charge < -0.3 is 5.32 Å². The Bertz CT molecular complexity index is 299. The van der Waals surface area contributed by atoms with Crippen molar-refractivity contribution in [3.63, 3.8) is 0 Å². The van der Waals surface area contributed by atoms with E-state index in [1.54, 1.807) is 0 Å². The minimum atomic E-state index is 0.358. The van der Waals surface area contributed by atoms with Crippen LogP contribution in [0.4, 0.5) is 0 Å². The summed E-state index contributed by atoms with van der Waals surface area (Å²) in [6.07, 6.45) is 2.99. The second-order valence-corrected chi connectivity index (χ2v) is 4.09. The number of aromatic nitrogens is 2. The molecule has 1 N–H and O–H groups in total. The summed E-state index contributed by atoms with van der Waals surface area (Å²) in [5, 5.41) is 3.47. The molecule has 0 amide bonds. The summed E-state index contributed by atoms with van der Waals surface area (Å²) in [6.45, 7) is 9.58. The molecule has 0 aliphatic heterocycles. The third-order valence-electron chi connectivity index (χ3n) is 2.69. The molecule has 3 nitrogen and oxygen atoms in total. The molecular weight excluding hydrogens is 186 g/mol. The zero-order chi connectivity index (χ0) is 11.3. The highest BCUT2D eigenvalue weighted by atomic mass is 14.9. The number of hydrogen-bond donors (Lipinski definition) is 1. The van der Waals surface area contributed by atoms with Gasteiger partial charge in [0.15, 0.2) is 0 Å². The van der Waals surface area contributed by atoms with Crippen LogP contribution in [0.3, 0.4) is 0 Å². The lowest BCUT2D eigenvalue weighted by atomic mass is 10.0. The average molecular weight is 207 g/mol. The molecule has 0 aliphatic carbocycles. The van der Waals surface area contributed by atoms with Gasteiger partial charge in [0.05, 0.1) is 0 Å². The highest BCUT2D eigenvalue weighted by Gasteiger charge is 2.15. The summed E-state index contributed by atoms with van der Waals surface area (Å²) >= 11 is 0. The Labute approximate surface area is 92.3 Å². The summed E-state index contributed by atoms with van der Waals surface area (Å²) in [6, 6.07) is 2.35. The standard InChI is InChI=1S/C12H21N3/c1-5-7-13-11(4)10(3)12-14-8-6-9(2)15-12/h6,8,10-11,13H,5,7H2,1-4H3. The Balaban J connectivity index is 2.62. The molecule has 1 heterocycles. The van der Waals surface area contributed by atoms with E-state index in [2.05, 4.69) is 36.1 Å². The normalized spacial score (nSPS) is 14.9. The van der Waals surface area contributed by atoms with Gasteiger partial charge in [0.2, 0.25) is 0 Å². The molecule has 1 aromatic heterocycles. The lowest BCUT2D eigenvalue weighted by Crippen LogP contribution is -2.32. The van der Waals surface area contributed by atoms with Gasteiger partial charge in [-0.15, -0.1) is 0 Å². The van der Waals surface area contributed by atoms with Crippen LogP contribution in [-0.2, 0) is 0 Å². The van der Waals surface area contributed by atoms with Crippen molar-refractivity contribution in [1.29, 1.82) is 0 Å². The van der Waals surface area contributed by atoms with Crippen LogP contribution in [0.15, 0.2) is 12.3 Å². The third kappa shape index (κ3) is 3.59. The van der Waals surface area contributed by atoms with Crippen molar-refractivity contribution in [2.75, 3.05) is 6.54 Å². The van der Waals surface area contributed by atoms with Crippen LogP contribution in [0.25, 0.3) is 0 Å². The maximum absolute atomic E-state index is 4.45. The molecule has 0 aromatic carbocycles. The summed E-state index contributed by atoms with van der Waals surface area (Å²) < 4.78 is 0. The van der Waals surface area contributed by atoms with Crippen LogP contribution in [0.5, 0.6) is 0 Å². The smallest absolute Gasteiger partial charge is 0.132 e. The molecule has 0 spiro atoms. The molecule has 0 bridgehead atoms. The molecule has 1 rings (SSSR count). The first-order valence-electron chi connectivity index (χ1n) is 5.68. The second kappa shape index (κ2) is 5.81. The van der Waals surface area contributed by atoms with Crippen molar-refractivity contribution in [3.05, 3.63) is 23.8 Å². The van der Waals surface area contributed by atoms with E-state index < -0.39 is 0 Å². The van der Waals surface area contributed by atoms with E-state index in [-0.39, 0.29) is 0 Å². The molecule has 0 saturated carbocycles. The average Bonchev–Trinajstić information content (AvgIpc) is 2.24. The van der Waals surface area contributed by atoms with Crippen LogP contribution >= 0.6 is 0 Å². The van der Waals surface area contributed by atoms with Gasteiger partial charge in [-0.05, 0) is 32.9 Å². The van der Waals surface area contributed by atoms with Gasteiger partial charge in [0.25, 0.3) is 0 Å². The number of nitrogens with zero attached hydrogens (tertiary/aromatic N) is 2. The first kappa shape index (κ1) is 12.1. The first-order chi connectivity index (χ1) is 7.15. The highest BCUT2D eigenvalue weighted by molar-refractivity contribution is 5.05. The van der Waals surface area contributed by atoms with Gasteiger partial charge in [0, 0.05) is 23.9 Å². The van der Waals surface area contributed by atoms with Crippen molar-refractivity contribution in [3.8, 4) is 0 Å². The van der Waals surface area contributed by atoms with Gasteiger partial charge in [-0.2, -0.15) is 0 Å². The zero-order valence-corrected chi connectivity index (χ0v) is 10.1. The fourth-order valence-electron chi connectivity index (χ4n) is 1.46. The molecule has 0 fully saturated rings. The molecule has 0 radical (unpaired) electrons. The van der Waals surface area contributed by atoms with Gasteiger partial charge in [-0.1, -0.05) is 13.8 Å². The lowest BCUT2D eigenvalue weighted by Gasteiger charge is -2.19. The minimum Gasteiger partial charge on any atom is -0.314 e. The Morgan fingerprint density at radius 2 is 2.13 bits per heavy atom. The van der Waals surface area contributed by atoms with Crippen LogP contribution in [-0.4, -0.2) is 22.6 Å². The van der Waals surface area contributed by atoms with Crippen LogP contribution in [0.1, 0.15) is 44.6 Å². The zero-order valence-electron chi connectivity index (χ0n) is 10.1. The summed E-state index contributed by atoms with van der Waals surface area (Å²) in [7, 11) is 0. The van der Waals surface area contributed by atoms with Crippen molar-refractivity contribution < 1.29 is 0 Å². The maximum Gasteiger partial charge on any atom is 0.132 e. The van der Waals surface area contributed by atoms with E-state index >= 15 is 0 Å². The van der Waals surface area contributed by atoms with E-state index in [1.807, 2.05) is 19.2 Å². The first-order valence-corrected chi connectivity index (χ1v) is 5.68. The van der Waals surface area contributed by atoms with Crippen LogP contribution < -0.4 is 5.32 Å². The van der Waals surface area contributed by atoms with E-state index in [4.69, 9.17) is 0 Å². The molecule has 84 valence electrons. The van der Waals surface area contributed by atoms with E-state index in [9.17, 15) is 0 Å². The highest BCUT2D eigenvalue weighted by Crippen LogP contribution is 2.14. The third-order valence-corrected chi connectivity index (χ3v) is 2.69. The summed E-state index contributed by atoms with van der Waals surface area (Å²) in [5.74, 6) is 1.29. The molecule has 0 aliphatic rings. The molecule has 2 unspecified atom stereocenters. The minimum absolute atomic E-state index is 0.358. The predicted octanol–water partition coefficient (Wildman–Crippen LogP) is 2.28. The largest absolute Gasteiger partial charge is 0.314 e. The molecular formula is C12H21N3. The van der Waals surface area contributed by atoms with Crippen molar-refractivity contribution >= 4 is 0 Å². The van der Waals surface area contributed by atoms with E-state index in [0.717, 1.165) is 24.5 Å². The molecule has 2 atom stereocenters. The predicted molar refractivity (Wildman–Crippen MR) is 62.9 cm³/mol. The maximum atomic E-state index is 4.45. The fourth-order valence-corrected chi connectivity index (χ4v) is 1.46. The topological polar surface area (TPSA) is 37.8 Å². The quantitative estimate of drug-likeness (QED) is 0.805. The summed E-state index contributed by atoms with van der Waals surface area (Å²) in [4.78, 5) is 8.77. The van der Waals surface area contributed by atoms with Crippen LogP contribution in [0.2, 0.25) is 0 Å². The summed E-state index contributed by atoms with van der Waals surface area (Å²) in [5.41, 5.74) is 1.04. The Morgan fingerprint density at radius 1 is 1.40 bits per heavy atom. The van der Waals surface area contributed by atoms with Crippen molar-refractivity contribution in [2.24, 2.45) is 0 Å². The van der Waals surface area contributed by atoms with Gasteiger partial charge in [-0.25, -0.2) is 9.97 Å². The monoisotopic (exact) mass is 207 g/mol. The number of nitrogens with one attached hydrogen (secondary N) is 1. The Morgan fingerprint density at radius 3 is 2.73 bits per heavy atom. The molecule has 0 saturated heterocycles. The number of aryl methyl sites for hydroxylation is 1. The van der Waals surface area contributed by atoms with Gasteiger partial charge >= 0.3 is 0 Å². The van der Waals surface area contributed by atoms with Gasteiger partial charge in [0.1, 0.15) is 5.82 Å².